The van der Waals surface area contributed by atoms with E-state index in [4.69, 9.17) is 4.74 Å². The minimum Gasteiger partial charge on any atom is -0.487 e. The lowest BCUT2D eigenvalue weighted by Gasteiger charge is -2.39. The molecule has 31 heavy (non-hydrogen) atoms. The van der Waals surface area contributed by atoms with Crippen LogP contribution in [0.5, 0.6) is 5.75 Å². The van der Waals surface area contributed by atoms with E-state index < -0.39 is 33.4 Å². The topological polar surface area (TPSA) is 75.7 Å². The molecule has 0 unspecified atom stereocenters. The number of fused-ring (bicyclic) bond motifs is 1. The Hall–Kier alpha value is -2.61. The zero-order chi connectivity index (χ0) is 23.0. The lowest BCUT2D eigenvalue weighted by molar-refractivity contribution is -0.123. The first kappa shape index (κ1) is 23.1. The van der Waals surface area contributed by atoms with Crippen molar-refractivity contribution in [2.45, 2.75) is 58.2 Å². The highest BCUT2D eigenvalue weighted by Crippen LogP contribution is 2.40. The smallest absolute Gasteiger partial charge is 0.244 e. The van der Waals surface area contributed by atoms with E-state index >= 15 is 0 Å². The number of ether oxygens (including phenoxy) is 1. The second-order valence-corrected chi connectivity index (χ2v) is 10.5. The lowest BCUT2D eigenvalue weighted by Crippen LogP contribution is -2.51. The highest BCUT2D eigenvalue weighted by Gasteiger charge is 2.37. The van der Waals surface area contributed by atoms with Gasteiger partial charge in [0.25, 0.3) is 0 Å². The Kier molecular flexibility index (Phi) is 6.32. The van der Waals surface area contributed by atoms with Crippen molar-refractivity contribution in [1.82, 2.24) is 5.32 Å². The highest BCUT2D eigenvalue weighted by molar-refractivity contribution is 7.92. The van der Waals surface area contributed by atoms with Crippen LogP contribution in [0.1, 0.15) is 50.8 Å². The van der Waals surface area contributed by atoms with Gasteiger partial charge < -0.3 is 10.1 Å². The molecule has 1 aliphatic heterocycles. The molecule has 0 aliphatic carbocycles. The minimum absolute atomic E-state index is 0.245. The average molecular weight is 449 g/mol. The first-order valence-corrected chi connectivity index (χ1v) is 12.1. The molecule has 168 valence electrons. The molecule has 1 N–H and O–H groups in total. The van der Waals surface area contributed by atoms with Gasteiger partial charge in [0.05, 0.1) is 18.0 Å². The molecule has 0 bridgehead atoms. The Bertz CT molecular complexity index is 1070. The molecule has 3 rings (SSSR count). The SMILES string of the molecule is CC[C@@H](C(=O)N[C@@H]1CC(C)(C)Oc2ccc(C)cc21)N(c1ccc(F)cc1)S(C)(=O)=O. The Morgan fingerprint density at radius 2 is 1.90 bits per heavy atom. The second-order valence-electron chi connectivity index (χ2n) is 8.63. The number of sulfonamides is 1. The van der Waals surface area contributed by atoms with Crippen molar-refractivity contribution >= 4 is 21.6 Å². The number of hydrogen-bond donors (Lipinski definition) is 1. The van der Waals surface area contributed by atoms with Gasteiger partial charge in [0.15, 0.2) is 0 Å². The average Bonchev–Trinajstić information content (AvgIpc) is 2.66. The van der Waals surface area contributed by atoms with Crippen LogP contribution in [-0.4, -0.2) is 32.2 Å². The lowest BCUT2D eigenvalue weighted by atomic mass is 9.88. The molecule has 0 spiro atoms. The number of nitrogens with zero attached hydrogens (tertiary/aromatic N) is 1. The molecule has 0 fully saturated rings. The van der Waals surface area contributed by atoms with Crippen LogP contribution in [0.25, 0.3) is 0 Å². The Morgan fingerprint density at radius 3 is 2.48 bits per heavy atom. The molecule has 1 aliphatic rings. The number of benzene rings is 2. The third-order valence-corrected chi connectivity index (χ3v) is 6.53. The number of carbonyl (C=O) groups is 1. The summed E-state index contributed by atoms with van der Waals surface area (Å²) in [7, 11) is -3.79. The van der Waals surface area contributed by atoms with E-state index in [-0.39, 0.29) is 18.2 Å². The monoisotopic (exact) mass is 448 g/mol. The largest absolute Gasteiger partial charge is 0.487 e. The van der Waals surface area contributed by atoms with Gasteiger partial charge in [0, 0.05) is 12.0 Å². The standard InChI is InChI=1S/C23H29FN2O4S/c1-6-20(26(31(5,28)29)17-10-8-16(24)9-11-17)22(27)25-19-14-23(3,4)30-21-12-7-15(2)13-18(19)21/h7-13,19-20H,6,14H2,1-5H3,(H,25,27)/t19-,20+/m1/s1. The van der Waals surface area contributed by atoms with Crippen LogP contribution in [0.3, 0.4) is 0 Å². The van der Waals surface area contributed by atoms with Crippen molar-refractivity contribution in [3.8, 4) is 5.75 Å². The molecule has 0 saturated carbocycles. The third kappa shape index (κ3) is 5.18. The zero-order valence-corrected chi connectivity index (χ0v) is 19.3. The van der Waals surface area contributed by atoms with Crippen LogP contribution in [-0.2, 0) is 14.8 Å². The summed E-state index contributed by atoms with van der Waals surface area (Å²) in [6.07, 6.45) is 1.84. The van der Waals surface area contributed by atoms with Crippen molar-refractivity contribution < 1.29 is 22.3 Å². The van der Waals surface area contributed by atoms with E-state index in [1.807, 2.05) is 39.0 Å². The molecule has 1 heterocycles. The maximum Gasteiger partial charge on any atom is 0.244 e. The summed E-state index contributed by atoms with van der Waals surface area (Å²) in [6, 6.07) is 9.61. The van der Waals surface area contributed by atoms with E-state index in [2.05, 4.69) is 5.32 Å². The summed E-state index contributed by atoms with van der Waals surface area (Å²) in [4.78, 5) is 13.3. The van der Waals surface area contributed by atoms with Gasteiger partial charge in [-0.05, 0) is 57.5 Å². The quantitative estimate of drug-likeness (QED) is 0.722. The molecule has 2 aromatic carbocycles. The Morgan fingerprint density at radius 1 is 1.26 bits per heavy atom. The fourth-order valence-corrected chi connectivity index (χ4v) is 5.23. The molecule has 0 saturated heterocycles. The number of anilines is 1. The number of halogens is 1. The van der Waals surface area contributed by atoms with E-state index in [1.54, 1.807) is 6.92 Å². The van der Waals surface area contributed by atoms with Gasteiger partial charge in [0.1, 0.15) is 23.2 Å². The Balaban J connectivity index is 1.95. The van der Waals surface area contributed by atoms with Gasteiger partial charge in [-0.3, -0.25) is 9.10 Å². The number of amides is 1. The Labute approximate surface area is 183 Å². The molecule has 6 nitrogen and oxygen atoms in total. The molecule has 0 aromatic heterocycles. The number of aryl methyl sites for hydroxylation is 1. The van der Waals surface area contributed by atoms with Crippen LogP contribution in [0.15, 0.2) is 42.5 Å². The maximum atomic E-state index is 13.4. The van der Waals surface area contributed by atoms with Gasteiger partial charge in [-0.15, -0.1) is 0 Å². The van der Waals surface area contributed by atoms with Crippen LogP contribution >= 0.6 is 0 Å². The summed E-state index contributed by atoms with van der Waals surface area (Å²) in [5.41, 5.74) is 1.66. The van der Waals surface area contributed by atoms with Crippen molar-refractivity contribution in [2.75, 3.05) is 10.6 Å². The second kappa shape index (κ2) is 8.49. The fourth-order valence-electron chi connectivity index (χ4n) is 4.02. The predicted molar refractivity (Wildman–Crippen MR) is 119 cm³/mol. The van der Waals surface area contributed by atoms with Crippen molar-refractivity contribution in [1.29, 1.82) is 0 Å². The molecule has 2 aromatic rings. The predicted octanol–water partition coefficient (Wildman–Crippen LogP) is 4.10. The summed E-state index contributed by atoms with van der Waals surface area (Å²) in [5.74, 6) is -0.183. The van der Waals surface area contributed by atoms with Gasteiger partial charge >= 0.3 is 0 Å². The van der Waals surface area contributed by atoms with Gasteiger partial charge in [-0.2, -0.15) is 0 Å². The molecular formula is C23H29FN2O4S. The van der Waals surface area contributed by atoms with Crippen LogP contribution in [0.2, 0.25) is 0 Å². The number of hydrogen-bond acceptors (Lipinski definition) is 4. The van der Waals surface area contributed by atoms with E-state index in [0.29, 0.717) is 12.2 Å². The summed E-state index contributed by atoms with van der Waals surface area (Å²) >= 11 is 0. The molecule has 2 atom stereocenters. The van der Waals surface area contributed by atoms with Crippen molar-refractivity contribution in [3.63, 3.8) is 0 Å². The zero-order valence-electron chi connectivity index (χ0n) is 18.5. The molecule has 1 amide bonds. The minimum atomic E-state index is -3.79. The number of carbonyl (C=O) groups excluding carboxylic acids is 1. The fraction of sp³-hybridized carbons (Fsp3) is 0.435. The van der Waals surface area contributed by atoms with Crippen LogP contribution < -0.4 is 14.4 Å². The van der Waals surface area contributed by atoms with E-state index in [9.17, 15) is 17.6 Å². The van der Waals surface area contributed by atoms with Gasteiger partial charge in [-0.1, -0.05) is 24.6 Å². The highest BCUT2D eigenvalue weighted by atomic mass is 32.2. The first-order chi connectivity index (χ1) is 14.4. The summed E-state index contributed by atoms with van der Waals surface area (Å²) < 4.78 is 45.7. The van der Waals surface area contributed by atoms with E-state index in [1.165, 1.54) is 24.3 Å². The normalized spacial score (nSPS) is 18.5. The first-order valence-electron chi connectivity index (χ1n) is 10.3. The van der Waals surface area contributed by atoms with Crippen LogP contribution in [0, 0.1) is 12.7 Å². The third-order valence-electron chi connectivity index (χ3n) is 5.35. The van der Waals surface area contributed by atoms with Crippen LogP contribution in [0.4, 0.5) is 10.1 Å². The molecular weight excluding hydrogens is 419 g/mol. The van der Waals surface area contributed by atoms with Gasteiger partial charge in [-0.25, -0.2) is 12.8 Å². The van der Waals surface area contributed by atoms with Gasteiger partial charge in [0.2, 0.25) is 15.9 Å². The van der Waals surface area contributed by atoms with Crippen molar-refractivity contribution in [2.24, 2.45) is 0 Å². The maximum absolute atomic E-state index is 13.4. The summed E-state index contributed by atoms with van der Waals surface area (Å²) in [6.45, 7) is 7.62. The number of rotatable bonds is 6. The molecule has 0 radical (unpaired) electrons. The van der Waals surface area contributed by atoms with E-state index in [0.717, 1.165) is 21.7 Å². The number of nitrogens with one attached hydrogen (secondary N) is 1. The van der Waals surface area contributed by atoms with Crippen molar-refractivity contribution in [3.05, 3.63) is 59.4 Å². The molecule has 8 heteroatoms. The summed E-state index contributed by atoms with van der Waals surface area (Å²) in [5, 5.41) is 3.04.